The number of ketones is 1. The minimum Gasteiger partial charge on any atom is -0.489 e. The Morgan fingerprint density at radius 3 is 2.24 bits per heavy atom. The second-order valence-corrected chi connectivity index (χ2v) is 5.33. The van der Waals surface area contributed by atoms with Gasteiger partial charge < -0.3 is 9.47 Å². The zero-order valence-electron chi connectivity index (χ0n) is 13.8. The van der Waals surface area contributed by atoms with Gasteiger partial charge in [0.1, 0.15) is 36.2 Å². The lowest BCUT2D eigenvalue weighted by molar-refractivity contribution is -0.145. The number of hydrogen-bond donors (Lipinski definition) is 0. The van der Waals surface area contributed by atoms with Crippen molar-refractivity contribution >= 4 is 11.8 Å². The van der Waals surface area contributed by atoms with E-state index >= 15 is 0 Å². The zero-order valence-corrected chi connectivity index (χ0v) is 13.8. The maximum atomic E-state index is 13.5. The maximum Gasteiger partial charge on any atom is 0.313 e. The quantitative estimate of drug-likeness (QED) is 0.540. The van der Waals surface area contributed by atoms with Crippen molar-refractivity contribution in [1.82, 2.24) is 0 Å². The van der Waals surface area contributed by atoms with Crippen LogP contribution in [0.5, 0.6) is 5.75 Å². The number of benzene rings is 2. The highest BCUT2D eigenvalue weighted by molar-refractivity contribution is 5.96. The van der Waals surface area contributed by atoms with E-state index in [9.17, 15) is 18.4 Å². The van der Waals surface area contributed by atoms with Crippen LogP contribution in [0, 0.1) is 11.6 Å². The molecule has 4 nitrogen and oxygen atoms in total. The Bertz CT molecular complexity index is 721. The van der Waals surface area contributed by atoms with Crippen LogP contribution in [0.3, 0.4) is 0 Å². The lowest BCUT2D eigenvalue weighted by Gasteiger charge is -2.09. The van der Waals surface area contributed by atoms with Crippen LogP contribution >= 0.6 is 0 Å². The molecule has 0 saturated heterocycles. The molecule has 0 amide bonds. The van der Waals surface area contributed by atoms with E-state index in [0.717, 1.165) is 0 Å². The predicted molar refractivity (Wildman–Crippen MR) is 87.1 cm³/mol. The van der Waals surface area contributed by atoms with E-state index < -0.39 is 17.6 Å². The smallest absolute Gasteiger partial charge is 0.313 e. The summed E-state index contributed by atoms with van der Waals surface area (Å²) in [4.78, 5) is 23.0. The second kappa shape index (κ2) is 8.92. The fourth-order valence-corrected chi connectivity index (χ4v) is 2.19. The van der Waals surface area contributed by atoms with Gasteiger partial charge in [0.25, 0.3) is 0 Å². The highest BCUT2D eigenvalue weighted by Gasteiger charge is 2.12. The van der Waals surface area contributed by atoms with Gasteiger partial charge in [0, 0.05) is 6.42 Å². The lowest BCUT2D eigenvalue weighted by Crippen LogP contribution is -2.12. The topological polar surface area (TPSA) is 52.6 Å². The molecule has 0 aromatic heterocycles. The maximum absolute atomic E-state index is 13.5. The fraction of sp³-hybridized carbons (Fsp3) is 0.263. The van der Waals surface area contributed by atoms with Crippen LogP contribution in [-0.2, 0) is 27.4 Å². The minimum absolute atomic E-state index is 0.0982. The van der Waals surface area contributed by atoms with Gasteiger partial charge in [-0.1, -0.05) is 18.2 Å². The molecule has 0 aliphatic heterocycles. The SMILES string of the molecule is CCOC(=O)CC(=O)Cc1ccc(OCc2c(F)cccc2F)cc1. The normalized spacial score (nSPS) is 10.4. The molecule has 0 unspecified atom stereocenters. The molecule has 2 aromatic carbocycles. The van der Waals surface area contributed by atoms with Crippen molar-refractivity contribution < 1.29 is 27.8 Å². The van der Waals surface area contributed by atoms with Crippen molar-refractivity contribution in [3.63, 3.8) is 0 Å². The number of halogens is 2. The third-order valence-corrected chi connectivity index (χ3v) is 3.42. The van der Waals surface area contributed by atoms with Crippen LogP contribution in [-0.4, -0.2) is 18.4 Å². The van der Waals surface area contributed by atoms with E-state index in [0.29, 0.717) is 11.3 Å². The molecule has 0 saturated carbocycles. The minimum atomic E-state index is -0.666. The van der Waals surface area contributed by atoms with Gasteiger partial charge >= 0.3 is 5.97 Å². The van der Waals surface area contributed by atoms with Crippen LogP contribution in [0.2, 0.25) is 0 Å². The Balaban J connectivity index is 1.89. The summed E-state index contributed by atoms with van der Waals surface area (Å²) in [6.07, 6.45) is -0.167. The van der Waals surface area contributed by atoms with E-state index in [-0.39, 0.29) is 37.4 Å². The number of hydrogen-bond acceptors (Lipinski definition) is 4. The van der Waals surface area contributed by atoms with E-state index in [1.165, 1.54) is 18.2 Å². The van der Waals surface area contributed by atoms with Gasteiger partial charge in [-0.25, -0.2) is 8.78 Å². The Kier molecular flexibility index (Phi) is 6.62. The number of Topliss-reactive ketones (excluding diaryl/α,β-unsaturated/α-hetero) is 1. The van der Waals surface area contributed by atoms with Gasteiger partial charge in [-0.05, 0) is 36.8 Å². The molecule has 0 bridgehead atoms. The highest BCUT2D eigenvalue weighted by Crippen LogP contribution is 2.18. The number of rotatable bonds is 8. The van der Waals surface area contributed by atoms with Crippen molar-refractivity contribution in [3.05, 3.63) is 65.2 Å². The molecule has 2 aromatic rings. The average Bonchev–Trinajstić information content (AvgIpc) is 2.56. The van der Waals surface area contributed by atoms with Crippen molar-refractivity contribution in [3.8, 4) is 5.75 Å². The Morgan fingerprint density at radius 2 is 1.64 bits per heavy atom. The molecule has 0 N–H and O–H groups in total. The monoisotopic (exact) mass is 348 g/mol. The molecule has 0 aliphatic carbocycles. The van der Waals surface area contributed by atoms with Crippen molar-refractivity contribution in [2.24, 2.45) is 0 Å². The molecule has 6 heteroatoms. The van der Waals surface area contributed by atoms with Crippen molar-refractivity contribution in [2.45, 2.75) is 26.4 Å². The first-order valence-electron chi connectivity index (χ1n) is 7.81. The Hall–Kier alpha value is -2.76. The first-order chi connectivity index (χ1) is 12.0. The largest absolute Gasteiger partial charge is 0.489 e. The number of esters is 1. The molecule has 0 aliphatic rings. The molecule has 0 atom stereocenters. The van der Waals surface area contributed by atoms with Crippen molar-refractivity contribution in [2.75, 3.05) is 6.61 Å². The molecule has 0 radical (unpaired) electrons. The van der Waals surface area contributed by atoms with Crippen LogP contribution in [0.15, 0.2) is 42.5 Å². The van der Waals surface area contributed by atoms with Gasteiger partial charge in [0.05, 0.1) is 12.2 Å². The molecule has 2 rings (SSSR count). The number of carbonyl (C=O) groups is 2. The van der Waals surface area contributed by atoms with Crippen LogP contribution in [0.4, 0.5) is 8.78 Å². The van der Waals surface area contributed by atoms with Crippen LogP contribution < -0.4 is 4.74 Å². The van der Waals surface area contributed by atoms with E-state index in [1.54, 1.807) is 31.2 Å². The molecule has 0 fully saturated rings. The van der Waals surface area contributed by atoms with Gasteiger partial charge in [-0.15, -0.1) is 0 Å². The number of carbonyl (C=O) groups excluding carboxylic acids is 2. The molecular formula is C19H18F2O4. The first kappa shape index (κ1) is 18.6. The highest BCUT2D eigenvalue weighted by atomic mass is 19.1. The second-order valence-electron chi connectivity index (χ2n) is 5.33. The first-order valence-corrected chi connectivity index (χ1v) is 7.81. The van der Waals surface area contributed by atoms with E-state index in [1.807, 2.05) is 0 Å². The van der Waals surface area contributed by atoms with Gasteiger partial charge in [0.15, 0.2) is 0 Å². The van der Waals surface area contributed by atoms with Crippen LogP contribution in [0.25, 0.3) is 0 Å². The van der Waals surface area contributed by atoms with E-state index in [2.05, 4.69) is 0 Å². The van der Waals surface area contributed by atoms with Gasteiger partial charge in [-0.3, -0.25) is 9.59 Å². The number of ether oxygens (including phenoxy) is 2. The zero-order chi connectivity index (χ0) is 18.2. The summed E-state index contributed by atoms with van der Waals surface area (Å²) in [6, 6.07) is 10.2. The molecule has 0 spiro atoms. The lowest BCUT2D eigenvalue weighted by atomic mass is 10.1. The molecular weight excluding hydrogens is 330 g/mol. The Labute approximate surface area is 144 Å². The van der Waals surface area contributed by atoms with Crippen LogP contribution in [0.1, 0.15) is 24.5 Å². The third-order valence-electron chi connectivity index (χ3n) is 3.42. The predicted octanol–water partition coefficient (Wildman–Crippen LogP) is 3.61. The summed E-state index contributed by atoms with van der Waals surface area (Å²) in [5, 5.41) is 0. The summed E-state index contributed by atoms with van der Waals surface area (Å²) >= 11 is 0. The van der Waals surface area contributed by atoms with Gasteiger partial charge in [-0.2, -0.15) is 0 Å². The van der Waals surface area contributed by atoms with Gasteiger partial charge in [0.2, 0.25) is 0 Å². The average molecular weight is 348 g/mol. The molecule has 0 heterocycles. The Morgan fingerprint density at radius 1 is 1.00 bits per heavy atom. The van der Waals surface area contributed by atoms with E-state index in [4.69, 9.17) is 9.47 Å². The summed E-state index contributed by atoms with van der Waals surface area (Å²) in [6.45, 7) is 1.68. The fourth-order valence-electron chi connectivity index (χ4n) is 2.19. The summed E-state index contributed by atoms with van der Waals surface area (Å²) in [7, 11) is 0. The molecule has 25 heavy (non-hydrogen) atoms. The summed E-state index contributed by atoms with van der Waals surface area (Å²) in [5.41, 5.74) is 0.565. The summed E-state index contributed by atoms with van der Waals surface area (Å²) < 4.78 is 37.1. The van der Waals surface area contributed by atoms with Crippen molar-refractivity contribution in [1.29, 1.82) is 0 Å². The standard InChI is InChI=1S/C19H18F2O4/c1-2-24-19(23)11-14(22)10-13-6-8-15(9-7-13)25-12-16-17(20)4-3-5-18(16)21/h3-9H,2,10-12H2,1H3. The molecule has 132 valence electrons. The third kappa shape index (κ3) is 5.67. The summed E-state index contributed by atoms with van der Waals surface area (Å²) in [5.74, 6) is -1.70.